The van der Waals surface area contributed by atoms with E-state index in [1.807, 2.05) is 227 Å². The first kappa shape index (κ1) is 69.5. The van der Waals surface area contributed by atoms with Gasteiger partial charge in [0.2, 0.25) is 0 Å². The SMILES string of the molecule is CN(C)c1ccc(C=Nc2ccccc2[S-])cc1.CN(C)c1ccc(C=Nc2ccccc2[S-])cc1.CN(C)c1ccc(C=Nc2ccccc2[S-])cc1.CN(C)c1ccc(C=Nc2ccccc2[S-])cc1.[Ag+].[Ag+].[Au+].[Au+]. The fourth-order valence-electron chi connectivity index (χ4n) is 6.27. The summed E-state index contributed by atoms with van der Waals surface area (Å²) in [7, 11) is 16.2. The van der Waals surface area contributed by atoms with Crippen molar-refractivity contribution in [3.05, 3.63) is 216 Å². The van der Waals surface area contributed by atoms with Crippen LogP contribution in [0, 0.1) is 0 Å². The molecule has 0 aliphatic carbocycles. The molecule has 0 atom stereocenters. The van der Waals surface area contributed by atoms with Crippen LogP contribution in [0.3, 0.4) is 0 Å². The van der Waals surface area contributed by atoms with Gasteiger partial charge in [0.1, 0.15) is 0 Å². The van der Waals surface area contributed by atoms with Gasteiger partial charge in [-0.1, -0.05) is 121 Å². The first-order chi connectivity index (χ1) is 34.7. The minimum absolute atomic E-state index is 0. The van der Waals surface area contributed by atoms with Crippen LogP contribution in [0.5, 0.6) is 0 Å². The van der Waals surface area contributed by atoms with E-state index in [4.69, 9.17) is 50.5 Å². The Morgan fingerprint density at radius 1 is 0.263 bits per heavy atom. The zero-order chi connectivity index (χ0) is 51.8. The summed E-state index contributed by atoms with van der Waals surface area (Å²) in [6.45, 7) is 0. The molecule has 0 radical (unpaired) electrons. The molecule has 0 aliphatic heterocycles. The number of benzene rings is 8. The third kappa shape index (κ3) is 24.4. The molecule has 0 fully saturated rings. The number of hydrogen-bond donors (Lipinski definition) is 0. The first-order valence-electron chi connectivity index (χ1n) is 23.0. The fourth-order valence-corrected chi connectivity index (χ4v) is 7.06. The second-order valence-corrected chi connectivity index (χ2v) is 18.6. The molecular formula is C60H60Ag2Au2N8S4. The summed E-state index contributed by atoms with van der Waals surface area (Å²) >= 11 is 20.8. The zero-order valence-corrected chi connectivity index (χ0v) is 53.8. The number of rotatable bonds is 12. The number of anilines is 4. The number of aliphatic imine (C=N–C) groups is 4. The van der Waals surface area contributed by atoms with E-state index in [1.54, 1.807) is 0 Å². The molecule has 8 aromatic carbocycles. The molecule has 8 nitrogen and oxygen atoms in total. The van der Waals surface area contributed by atoms with E-state index in [0.29, 0.717) is 0 Å². The second kappa shape index (κ2) is 37.3. The van der Waals surface area contributed by atoms with Gasteiger partial charge in [0, 0.05) is 127 Å². The summed E-state index contributed by atoms with van der Waals surface area (Å²) < 4.78 is 0. The fraction of sp³-hybridized carbons (Fsp3) is 0.133. The van der Waals surface area contributed by atoms with Crippen molar-refractivity contribution in [3.8, 4) is 0 Å². The van der Waals surface area contributed by atoms with E-state index in [0.717, 1.165) is 64.6 Å². The Balaban J connectivity index is 0.000000498. The van der Waals surface area contributed by atoms with E-state index >= 15 is 0 Å². The number of hydrogen-bond acceptors (Lipinski definition) is 12. The summed E-state index contributed by atoms with van der Waals surface area (Å²) in [5.74, 6) is 0. The number of para-hydroxylation sites is 4. The van der Waals surface area contributed by atoms with E-state index in [1.165, 1.54) is 22.7 Å². The van der Waals surface area contributed by atoms with E-state index in [9.17, 15) is 0 Å². The predicted octanol–water partition coefficient (Wildman–Crippen LogP) is 13.6. The Labute approximate surface area is 536 Å². The molecule has 8 rings (SSSR count). The van der Waals surface area contributed by atoms with Crippen LogP contribution in [0.15, 0.2) is 234 Å². The summed E-state index contributed by atoms with van der Waals surface area (Å²) in [5.41, 5.74) is 12.3. The van der Waals surface area contributed by atoms with Crippen molar-refractivity contribution >= 4 is 121 Å². The van der Waals surface area contributed by atoms with Crippen molar-refractivity contribution < 1.29 is 89.5 Å². The molecule has 0 amide bonds. The van der Waals surface area contributed by atoms with Crippen LogP contribution in [0.4, 0.5) is 45.5 Å². The van der Waals surface area contributed by atoms with Gasteiger partial charge in [0.05, 0.1) is 0 Å². The normalized spacial score (nSPS) is 10.2. The van der Waals surface area contributed by atoms with Crippen molar-refractivity contribution in [2.24, 2.45) is 20.0 Å². The maximum absolute atomic E-state index is 5.20. The van der Waals surface area contributed by atoms with Crippen LogP contribution < -0.4 is 19.6 Å². The average Bonchev–Trinajstić information content (AvgIpc) is 3.39. The molecular weight excluding hydrogens is 1570 g/mol. The quantitative estimate of drug-likeness (QED) is 0.0681. The molecule has 0 heterocycles. The summed E-state index contributed by atoms with van der Waals surface area (Å²) in [4.78, 5) is 29.0. The van der Waals surface area contributed by atoms with Gasteiger partial charge in [-0.05, 0) is 95.1 Å². The molecule has 0 spiro atoms. The minimum Gasteiger partial charge on any atom is -0.778 e. The monoisotopic (exact) mass is 1630 g/mol. The average molecular weight is 1630 g/mol. The molecule has 0 saturated heterocycles. The summed E-state index contributed by atoms with van der Waals surface area (Å²) in [5, 5.41) is 0. The summed E-state index contributed by atoms with van der Waals surface area (Å²) in [6, 6.07) is 63.6. The van der Waals surface area contributed by atoms with Crippen molar-refractivity contribution in [2.45, 2.75) is 19.6 Å². The molecule has 0 aromatic heterocycles. The van der Waals surface area contributed by atoms with Crippen molar-refractivity contribution in [2.75, 3.05) is 76.0 Å². The van der Waals surface area contributed by atoms with Gasteiger partial charge in [0.25, 0.3) is 0 Å². The molecule has 8 aromatic rings. The largest absolute Gasteiger partial charge is 1.00 e. The van der Waals surface area contributed by atoms with Gasteiger partial charge in [0.15, 0.2) is 0 Å². The Bertz CT molecular complexity index is 2620. The van der Waals surface area contributed by atoms with Gasteiger partial charge in [-0.3, -0.25) is 20.0 Å². The van der Waals surface area contributed by atoms with Crippen LogP contribution >= 0.6 is 0 Å². The molecule has 16 heteroatoms. The maximum Gasteiger partial charge on any atom is 1.00 e. The molecule has 0 bridgehead atoms. The third-order valence-corrected chi connectivity index (χ3v) is 11.9. The van der Waals surface area contributed by atoms with Gasteiger partial charge in [-0.15, -0.1) is 19.6 Å². The Morgan fingerprint density at radius 2 is 0.421 bits per heavy atom. The smallest absolute Gasteiger partial charge is 0.778 e. The van der Waals surface area contributed by atoms with E-state index < -0.39 is 0 Å². The molecule has 0 N–H and O–H groups in total. The van der Waals surface area contributed by atoms with Gasteiger partial charge >= 0.3 is 89.5 Å². The predicted molar refractivity (Wildman–Crippen MR) is 320 cm³/mol. The Morgan fingerprint density at radius 3 is 0.566 bits per heavy atom. The van der Waals surface area contributed by atoms with Crippen LogP contribution in [-0.2, 0) is 140 Å². The standard InChI is InChI=1S/4C15H16N2S.2Ag.2Au/c4*1-17(2)13-9-7-12(8-10-13)11-16-14-5-3-4-6-15(14)18;;;;/h4*3-11,18H,1-2H3;;;;/q;;;;4*+1/p-4. The molecule has 0 saturated carbocycles. The minimum atomic E-state index is 0. The van der Waals surface area contributed by atoms with E-state index in [2.05, 4.69) is 88.1 Å². The van der Waals surface area contributed by atoms with Gasteiger partial charge in [-0.2, -0.15) is 0 Å². The van der Waals surface area contributed by atoms with Crippen LogP contribution in [-0.4, -0.2) is 81.2 Å². The van der Waals surface area contributed by atoms with Crippen molar-refractivity contribution in [1.29, 1.82) is 0 Å². The Kier molecular flexibility index (Phi) is 34.1. The maximum atomic E-state index is 5.20. The third-order valence-electron chi connectivity index (χ3n) is 10.5. The van der Waals surface area contributed by atoms with Gasteiger partial charge in [-0.25, -0.2) is 0 Å². The molecule has 408 valence electrons. The Hall–Kier alpha value is -4.52. The molecule has 76 heavy (non-hydrogen) atoms. The summed E-state index contributed by atoms with van der Waals surface area (Å²) in [6.07, 6.45) is 7.35. The van der Waals surface area contributed by atoms with Crippen molar-refractivity contribution in [3.63, 3.8) is 0 Å². The van der Waals surface area contributed by atoms with Crippen LogP contribution in [0.1, 0.15) is 22.3 Å². The number of nitrogens with zero attached hydrogens (tertiary/aromatic N) is 8. The molecule has 0 aliphatic rings. The van der Waals surface area contributed by atoms with E-state index in [-0.39, 0.29) is 89.5 Å². The van der Waals surface area contributed by atoms with Crippen LogP contribution in [0.25, 0.3) is 0 Å². The second-order valence-electron chi connectivity index (χ2n) is 16.8. The topological polar surface area (TPSA) is 62.4 Å². The zero-order valence-electron chi connectivity index (χ0n) is 43.2. The molecule has 0 unspecified atom stereocenters. The van der Waals surface area contributed by atoms with Gasteiger partial charge < -0.3 is 70.1 Å². The van der Waals surface area contributed by atoms with Crippen LogP contribution in [0.2, 0.25) is 0 Å². The van der Waals surface area contributed by atoms with Crippen molar-refractivity contribution in [1.82, 2.24) is 0 Å². The first-order valence-corrected chi connectivity index (χ1v) is 24.6.